The first-order valence-electron chi connectivity index (χ1n) is 36.5. The fourth-order valence-electron chi connectivity index (χ4n) is 10.6. The van der Waals surface area contributed by atoms with Crippen LogP contribution in [0.4, 0.5) is 0 Å². The second kappa shape index (κ2) is 62.2. The molecular weight excluding hydrogens is 1170 g/mol. The second-order valence-electron chi connectivity index (χ2n) is 26.2. The monoisotopic (exact) mass is 1310 g/mol. The minimum absolute atomic E-state index is 0.106. The van der Waals surface area contributed by atoms with Crippen LogP contribution in [0.1, 0.15) is 356 Å². The van der Waals surface area contributed by atoms with E-state index < -0.39 is 97.5 Å². The summed E-state index contributed by atoms with van der Waals surface area (Å²) in [4.78, 5) is 72.5. The van der Waals surface area contributed by atoms with Gasteiger partial charge < -0.3 is 33.8 Å². The maximum Gasteiger partial charge on any atom is 0.472 e. The Kier molecular flexibility index (Phi) is 60.8. The molecule has 0 aliphatic heterocycles. The Bertz CT molecular complexity index is 1730. The average molecular weight is 1310 g/mol. The highest BCUT2D eigenvalue weighted by atomic mass is 31.2. The summed E-state index contributed by atoms with van der Waals surface area (Å²) in [6.45, 7) is 9.50. The van der Waals surface area contributed by atoms with E-state index in [2.05, 4.69) is 41.5 Å². The van der Waals surface area contributed by atoms with Crippen molar-refractivity contribution in [2.45, 2.75) is 374 Å². The first kappa shape index (κ1) is 87.1. The van der Waals surface area contributed by atoms with Gasteiger partial charge in [-0.1, -0.05) is 305 Å². The minimum atomic E-state index is -4.95. The van der Waals surface area contributed by atoms with Gasteiger partial charge in [0, 0.05) is 25.7 Å². The van der Waals surface area contributed by atoms with Crippen LogP contribution in [0.2, 0.25) is 0 Å². The van der Waals surface area contributed by atoms with Crippen molar-refractivity contribution in [3.05, 3.63) is 0 Å². The van der Waals surface area contributed by atoms with Gasteiger partial charge in [0.1, 0.15) is 19.3 Å². The molecule has 0 rings (SSSR count). The molecule has 0 aromatic rings. The number of aliphatic hydroxyl groups excluding tert-OH is 1. The van der Waals surface area contributed by atoms with Gasteiger partial charge in [0.25, 0.3) is 0 Å². The van der Waals surface area contributed by atoms with Crippen LogP contribution in [0.3, 0.4) is 0 Å². The highest BCUT2D eigenvalue weighted by molar-refractivity contribution is 7.47. The predicted molar refractivity (Wildman–Crippen MR) is 358 cm³/mol. The summed E-state index contributed by atoms with van der Waals surface area (Å²) in [7, 11) is -9.90. The Labute approximate surface area is 543 Å². The molecule has 5 atom stereocenters. The molecule has 0 aromatic heterocycles. The van der Waals surface area contributed by atoms with Crippen molar-refractivity contribution in [2.24, 2.45) is 11.8 Å². The van der Waals surface area contributed by atoms with Crippen molar-refractivity contribution in [1.82, 2.24) is 0 Å². The molecule has 89 heavy (non-hydrogen) atoms. The van der Waals surface area contributed by atoms with Crippen LogP contribution >= 0.6 is 15.6 Å². The molecule has 0 amide bonds. The Balaban J connectivity index is 5.25. The second-order valence-corrected chi connectivity index (χ2v) is 29.1. The lowest BCUT2D eigenvalue weighted by atomic mass is 10.0. The first-order chi connectivity index (χ1) is 42.9. The van der Waals surface area contributed by atoms with E-state index in [1.54, 1.807) is 0 Å². The van der Waals surface area contributed by atoms with Crippen LogP contribution in [-0.2, 0) is 65.4 Å². The average Bonchev–Trinajstić information content (AvgIpc) is 3.71. The van der Waals surface area contributed by atoms with Gasteiger partial charge >= 0.3 is 39.5 Å². The van der Waals surface area contributed by atoms with Crippen LogP contribution in [0, 0.1) is 11.8 Å². The third kappa shape index (κ3) is 64.6. The van der Waals surface area contributed by atoms with E-state index >= 15 is 0 Å². The highest BCUT2D eigenvalue weighted by Crippen LogP contribution is 2.45. The van der Waals surface area contributed by atoms with Crippen molar-refractivity contribution in [3.8, 4) is 0 Å². The van der Waals surface area contributed by atoms with Gasteiger partial charge in [-0.3, -0.25) is 37.3 Å². The van der Waals surface area contributed by atoms with Gasteiger partial charge in [0.2, 0.25) is 0 Å². The number of phosphoric acid groups is 2. The van der Waals surface area contributed by atoms with Gasteiger partial charge in [0.05, 0.1) is 26.4 Å². The molecule has 17 nitrogen and oxygen atoms in total. The number of ether oxygens (including phenoxy) is 4. The molecule has 0 heterocycles. The number of esters is 4. The lowest BCUT2D eigenvalue weighted by Gasteiger charge is -2.21. The van der Waals surface area contributed by atoms with Crippen LogP contribution in [0.15, 0.2) is 0 Å². The van der Waals surface area contributed by atoms with Crippen LogP contribution < -0.4 is 0 Å². The van der Waals surface area contributed by atoms with E-state index in [4.69, 9.17) is 37.0 Å². The fourth-order valence-corrected chi connectivity index (χ4v) is 12.2. The Morgan fingerprint density at radius 3 is 0.764 bits per heavy atom. The molecule has 528 valence electrons. The number of hydrogen-bond acceptors (Lipinski definition) is 15. The molecule has 0 saturated carbocycles. The molecule has 0 fully saturated rings. The lowest BCUT2D eigenvalue weighted by molar-refractivity contribution is -0.161. The molecule has 0 saturated heterocycles. The summed E-state index contributed by atoms with van der Waals surface area (Å²) in [5, 5.41) is 10.6. The molecule has 0 aliphatic rings. The van der Waals surface area contributed by atoms with Crippen LogP contribution in [0.25, 0.3) is 0 Å². The van der Waals surface area contributed by atoms with E-state index in [-0.39, 0.29) is 25.7 Å². The van der Waals surface area contributed by atoms with Crippen molar-refractivity contribution in [2.75, 3.05) is 39.6 Å². The maximum absolute atomic E-state index is 13.0. The Morgan fingerprint density at radius 1 is 0.303 bits per heavy atom. The number of phosphoric ester groups is 2. The van der Waals surface area contributed by atoms with E-state index in [1.165, 1.54) is 167 Å². The zero-order valence-electron chi connectivity index (χ0n) is 57.7. The largest absolute Gasteiger partial charge is 0.472 e. The molecular formula is C70H136O17P2. The number of aliphatic hydroxyl groups is 1. The van der Waals surface area contributed by atoms with Crippen LogP contribution in [0.5, 0.6) is 0 Å². The molecule has 0 aliphatic carbocycles. The first-order valence-corrected chi connectivity index (χ1v) is 39.5. The van der Waals surface area contributed by atoms with Crippen molar-refractivity contribution in [3.63, 3.8) is 0 Å². The summed E-state index contributed by atoms with van der Waals surface area (Å²) in [5.74, 6) is -0.641. The Hall–Kier alpha value is -1.94. The number of rotatable bonds is 69. The van der Waals surface area contributed by atoms with Gasteiger partial charge in [0.15, 0.2) is 12.2 Å². The lowest BCUT2D eigenvalue weighted by Crippen LogP contribution is -2.30. The summed E-state index contributed by atoms with van der Waals surface area (Å²) >= 11 is 0. The summed E-state index contributed by atoms with van der Waals surface area (Å²) in [6.07, 6.45) is 47.1. The van der Waals surface area contributed by atoms with E-state index in [9.17, 15) is 43.2 Å². The third-order valence-electron chi connectivity index (χ3n) is 16.2. The predicted octanol–water partition coefficient (Wildman–Crippen LogP) is 20.0. The van der Waals surface area contributed by atoms with Crippen LogP contribution in [-0.4, -0.2) is 96.7 Å². The van der Waals surface area contributed by atoms with Gasteiger partial charge in [-0.25, -0.2) is 9.13 Å². The Morgan fingerprint density at radius 2 is 0.517 bits per heavy atom. The quantitative estimate of drug-likeness (QED) is 0.0222. The number of carbonyl (C=O) groups excluding carboxylic acids is 4. The molecule has 0 aromatic carbocycles. The maximum atomic E-state index is 13.0. The van der Waals surface area contributed by atoms with E-state index in [0.29, 0.717) is 31.6 Å². The molecule has 19 heteroatoms. The number of hydrogen-bond donors (Lipinski definition) is 3. The minimum Gasteiger partial charge on any atom is -0.462 e. The van der Waals surface area contributed by atoms with Crippen molar-refractivity contribution < 1.29 is 80.2 Å². The smallest absolute Gasteiger partial charge is 0.462 e. The number of carbonyl (C=O) groups is 4. The molecule has 0 spiro atoms. The van der Waals surface area contributed by atoms with Crippen molar-refractivity contribution >= 4 is 39.5 Å². The van der Waals surface area contributed by atoms with Gasteiger partial charge in [-0.15, -0.1) is 0 Å². The van der Waals surface area contributed by atoms with E-state index in [1.807, 2.05) is 0 Å². The highest BCUT2D eigenvalue weighted by Gasteiger charge is 2.30. The topological polar surface area (TPSA) is 237 Å². The van der Waals surface area contributed by atoms with Crippen molar-refractivity contribution in [1.29, 1.82) is 0 Å². The molecule has 2 unspecified atom stereocenters. The summed E-state index contributed by atoms with van der Waals surface area (Å²) in [5.41, 5.74) is 0. The zero-order valence-corrected chi connectivity index (χ0v) is 59.5. The SMILES string of the molecule is CCCCCCCCCCCCCCC(=O)OC[C@H](COP(=O)(O)OC[C@@H](O)COP(=O)(O)OC[C@@H](COC(=O)CCCCCCCCCC(C)C)OC(=O)CCCCCCCCCCCCCC)OC(=O)CCCCCCCCCCCCCCC(C)C. The summed E-state index contributed by atoms with van der Waals surface area (Å²) < 4.78 is 68.3. The fraction of sp³-hybridized carbons (Fsp3) is 0.943. The van der Waals surface area contributed by atoms with Gasteiger partial charge in [-0.2, -0.15) is 0 Å². The third-order valence-corrected chi connectivity index (χ3v) is 18.1. The molecule has 0 radical (unpaired) electrons. The van der Waals surface area contributed by atoms with E-state index in [0.717, 1.165) is 102 Å². The standard InChI is InChI=1S/C70H136O17P2/c1-7-9-11-13-15-17-19-24-28-34-40-46-52-67(72)80-58-65(86-70(75)55-49-43-36-30-26-22-21-23-27-32-38-44-50-62(3)4)60-84-88(76,77)82-56-64(71)57-83-89(78,79)85-61-66(59-81-68(73)53-47-41-37-31-33-39-45-51-63(5)6)87-69(74)54-48-42-35-29-25-20-18-16-14-12-10-8-2/h62-66,71H,7-61H2,1-6H3,(H,76,77)(H,78,79)/t64-,65-,66-/m1/s1. The van der Waals surface area contributed by atoms with Gasteiger partial charge in [-0.05, 0) is 37.5 Å². The number of unbranched alkanes of at least 4 members (excludes halogenated alkanes) is 39. The normalized spacial score (nSPS) is 14.1. The molecule has 0 bridgehead atoms. The molecule has 3 N–H and O–H groups in total. The zero-order chi connectivity index (χ0) is 65.7. The summed E-state index contributed by atoms with van der Waals surface area (Å²) in [6, 6.07) is 0.